The second-order valence-corrected chi connectivity index (χ2v) is 5.26. The second kappa shape index (κ2) is 4.63. The Balaban J connectivity index is 2.11. The lowest BCUT2D eigenvalue weighted by Crippen LogP contribution is -2.14. The molecule has 4 nitrogen and oxygen atoms in total. The number of imidazole rings is 1. The Morgan fingerprint density at radius 2 is 1.90 bits per heavy atom. The molecular formula is C16H17N3O. The zero-order chi connectivity index (χ0) is 14.3. The van der Waals surface area contributed by atoms with Gasteiger partial charge in [-0.15, -0.1) is 0 Å². The summed E-state index contributed by atoms with van der Waals surface area (Å²) in [5.41, 5.74) is 4.45. The predicted molar refractivity (Wildman–Crippen MR) is 79.2 cm³/mol. The zero-order valence-corrected chi connectivity index (χ0v) is 11.9. The van der Waals surface area contributed by atoms with Crippen molar-refractivity contribution in [1.82, 2.24) is 14.0 Å². The summed E-state index contributed by atoms with van der Waals surface area (Å²) in [6.07, 6.45) is 3.68. The quantitative estimate of drug-likeness (QED) is 0.715. The minimum atomic E-state index is -0.0350. The van der Waals surface area contributed by atoms with E-state index in [1.807, 2.05) is 17.7 Å². The predicted octanol–water partition coefficient (Wildman–Crippen LogP) is 2.47. The van der Waals surface area contributed by atoms with Crippen LogP contribution >= 0.6 is 0 Å². The van der Waals surface area contributed by atoms with Crippen molar-refractivity contribution >= 4 is 5.78 Å². The van der Waals surface area contributed by atoms with Crippen LogP contribution in [0.15, 0.2) is 41.5 Å². The van der Waals surface area contributed by atoms with Crippen molar-refractivity contribution in [1.29, 1.82) is 0 Å². The summed E-state index contributed by atoms with van der Waals surface area (Å²) in [6, 6.07) is 7.97. The second-order valence-electron chi connectivity index (χ2n) is 5.26. The Morgan fingerprint density at radius 3 is 2.70 bits per heavy atom. The number of aromatic nitrogens is 3. The third-order valence-electron chi connectivity index (χ3n) is 3.56. The van der Waals surface area contributed by atoms with E-state index in [0.29, 0.717) is 5.78 Å². The van der Waals surface area contributed by atoms with Crippen molar-refractivity contribution < 1.29 is 0 Å². The van der Waals surface area contributed by atoms with Gasteiger partial charge in [0.15, 0.2) is 0 Å². The smallest absolute Gasteiger partial charge is 0.259 e. The zero-order valence-electron chi connectivity index (χ0n) is 11.9. The summed E-state index contributed by atoms with van der Waals surface area (Å²) in [7, 11) is 0. The van der Waals surface area contributed by atoms with Crippen molar-refractivity contribution in [2.75, 3.05) is 0 Å². The maximum Gasteiger partial charge on any atom is 0.259 e. The minimum absolute atomic E-state index is 0.0350. The molecule has 3 aromatic rings. The Kier molecular flexibility index (Phi) is 2.93. The van der Waals surface area contributed by atoms with Crippen LogP contribution in [0.3, 0.4) is 0 Å². The van der Waals surface area contributed by atoms with Crippen LogP contribution in [0, 0.1) is 20.8 Å². The first kappa shape index (κ1) is 12.7. The lowest BCUT2D eigenvalue weighted by atomic mass is 10.1. The summed E-state index contributed by atoms with van der Waals surface area (Å²) in [6.45, 7) is 6.76. The van der Waals surface area contributed by atoms with Gasteiger partial charge < -0.3 is 4.57 Å². The van der Waals surface area contributed by atoms with E-state index in [1.54, 1.807) is 16.7 Å². The molecule has 20 heavy (non-hydrogen) atoms. The first-order valence-electron chi connectivity index (χ1n) is 6.66. The van der Waals surface area contributed by atoms with Crippen LogP contribution in [0.1, 0.15) is 22.4 Å². The van der Waals surface area contributed by atoms with E-state index in [-0.39, 0.29) is 5.56 Å². The highest BCUT2D eigenvalue weighted by molar-refractivity contribution is 5.35. The van der Waals surface area contributed by atoms with Crippen LogP contribution in [0.4, 0.5) is 0 Å². The molecule has 102 valence electrons. The number of hydrogen-bond donors (Lipinski definition) is 0. The van der Waals surface area contributed by atoms with Gasteiger partial charge in [0.2, 0.25) is 5.78 Å². The molecule has 0 aliphatic carbocycles. The van der Waals surface area contributed by atoms with E-state index >= 15 is 0 Å². The lowest BCUT2D eigenvalue weighted by Gasteiger charge is -2.09. The molecular weight excluding hydrogens is 250 g/mol. The number of nitrogens with zero attached hydrogens (tertiary/aromatic N) is 3. The van der Waals surface area contributed by atoms with Gasteiger partial charge >= 0.3 is 0 Å². The van der Waals surface area contributed by atoms with Crippen molar-refractivity contribution in [2.45, 2.75) is 27.3 Å². The highest BCUT2D eigenvalue weighted by Crippen LogP contribution is 2.13. The summed E-state index contributed by atoms with van der Waals surface area (Å²) in [4.78, 5) is 16.4. The van der Waals surface area contributed by atoms with Gasteiger partial charge in [0.25, 0.3) is 5.56 Å². The fraction of sp³-hybridized carbons (Fsp3) is 0.250. The van der Waals surface area contributed by atoms with Gasteiger partial charge in [0.05, 0.1) is 6.54 Å². The molecule has 0 bridgehead atoms. The normalized spacial score (nSPS) is 11.2. The molecule has 0 atom stereocenters. The first-order chi connectivity index (χ1) is 9.54. The third kappa shape index (κ3) is 2.13. The van der Waals surface area contributed by atoms with Crippen LogP contribution in [-0.4, -0.2) is 14.0 Å². The van der Waals surface area contributed by atoms with Crippen LogP contribution in [0.2, 0.25) is 0 Å². The molecule has 1 aromatic carbocycles. The van der Waals surface area contributed by atoms with Crippen molar-refractivity contribution in [3.63, 3.8) is 0 Å². The van der Waals surface area contributed by atoms with Gasteiger partial charge in [-0.2, -0.15) is 0 Å². The van der Waals surface area contributed by atoms with Gasteiger partial charge in [0.1, 0.15) is 0 Å². The molecule has 0 amide bonds. The fourth-order valence-electron chi connectivity index (χ4n) is 2.42. The molecule has 0 fully saturated rings. The fourth-order valence-corrected chi connectivity index (χ4v) is 2.42. The van der Waals surface area contributed by atoms with E-state index in [1.165, 1.54) is 16.7 Å². The average Bonchev–Trinajstić information content (AvgIpc) is 2.77. The molecule has 2 heterocycles. The number of hydrogen-bond acceptors (Lipinski definition) is 2. The van der Waals surface area contributed by atoms with Gasteiger partial charge in [-0.25, -0.2) is 4.98 Å². The number of rotatable bonds is 2. The number of fused-ring (bicyclic) bond motifs is 1. The highest BCUT2D eigenvalue weighted by atomic mass is 16.1. The van der Waals surface area contributed by atoms with Gasteiger partial charge in [0, 0.05) is 24.2 Å². The van der Waals surface area contributed by atoms with Crippen LogP contribution in [0.5, 0.6) is 0 Å². The van der Waals surface area contributed by atoms with Gasteiger partial charge in [-0.3, -0.25) is 9.20 Å². The SMILES string of the molecule is Cc1ccc(C)c(Cn2ccn3c(=O)cc(C)nc23)c1. The molecule has 0 aliphatic heterocycles. The average molecular weight is 267 g/mol. The van der Waals surface area contributed by atoms with Crippen molar-refractivity contribution in [3.8, 4) is 0 Å². The Labute approximate surface area is 117 Å². The summed E-state index contributed by atoms with van der Waals surface area (Å²) < 4.78 is 3.59. The molecule has 0 radical (unpaired) electrons. The van der Waals surface area contributed by atoms with E-state index < -0.39 is 0 Å². The molecule has 0 saturated carbocycles. The Morgan fingerprint density at radius 1 is 1.10 bits per heavy atom. The monoisotopic (exact) mass is 267 g/mol. The van der Waals surface area contributed by atoms with Gasteiger partial charge in [-0.05, 0) is 31.9 Å². The van der Waals surface area contributed by atoms with E-state index in [0.717, 1.165) is 12.2 Å². The van der Waals surface area contributed by atoms with E-state index in [2.05, 4.69) is 37.0 Å². The summed E-state index contributed by atoms with van der Waals surface area (Å²) in [5.74, 6) is 0.691. The lowest BCUT2D eigenvalue weighted by molar-refractivity contribution is 0.800. The number of benzene rings is 1. The van der Waals surface area contributed by atoms with Crippen LogP contribution in [0.25, 0.3) is 5.78 Å². The molecule has 0 N–H and O–H groups in total. The topological polar surface area (TPSA) is 39.3 Å². The minimum Gasteiger partial charge on any atom is -0.312 e. The van der Waals surface area contributed by atoms with Crippen molar-refractivity contribution in [3.05, 3.63) is 69.4 Å². The molecule has 0 saturated heterocycles. The summed E-state index contributed by atoms with van der Waals surface area (Å²) >= 11 is 0. The molecule has 3 rings (SSSR count). The molecule has 4 heteroatoms. The Hall–Kier alpha value is -2.36. The highest BCUT2D eigenvalue weighted by Gasteiger charge is 2.07. The Bertz CT molecular complexity index is 843. The first-order valence-corrected chi connectivity index (χ1v) is 6.66. The molecule has 0 aliphatic rings. The molecule has 0 unspecified atom stereocenters. The van der Waals surface area contributed by atoms with Crippen molar-refractivity contribution in [2.24, 2.45) is 0 Å². The maximum absolute atomic E-state index is 11.9. The van der Waals surface area contributed by atoms with Crippen LogP contribution < -0.4 is 5.56 Å². The summed E-state index contributed by atoms with van der Waals surface area (Å²) in [5, 5.41) is 0. The third-order valence-corrected chi connectivity index (χ3v) is 3.56. The van der Waals surface area contributed by atoms with Gasteiger partial charge in [-0.1, -0.05) is 23.8 Å². The standard InChI is InChI=1S/C16H17N3O/c1-11-4-5-12(2)14(8-11)10-18-6-7-19-15(20)9-13(3)17-16(18)19/h4-9H,10H2,1-3H3. The largest absolute Gasteiger partial charge is 0.312 e. The van der Waals surface area contributed by atoms with E-state index in [4.69, 9.17) is 0 Å². The number of aryl methyl sites for hydroxylation is 3. The van der Waals surface area contributed by atoms with Crippen LogP contribution in [-0.2, 0) is 6.54 Å². The maximum atomic E-state index is 11.9. The van der Waals surface area contributed by atoms with E-state index in [9.17, 15) is 4.79 Å². The molecule has 2 aromatic heterocycles. The molecule has 0 spiro atoms.